The molecule has 1 rings (SSSR count). The first-order valence-corrected chi connectivity index (χ1v) is 4.18. The van der Waals surface area contributed by atoms with Gasteiger partial charge >= 0.3 is 5.97 Å². The van der Waals surface area contributed by atoms with Crippen molar-refractivity contribution in [2.24, 2.45) is 0 Å². The zero-order valence-corrected chi connectivity index (χ0v) is 7.53. The van der Waals surface area contributed by atoms with Gasteiger partial charge in [-0.1, -0.05) is 0 Å². The van der Waals surface area contributed by atoms with E-state index in [0.717, 1.165) is 11.4 Å². The van der Waals surface area contributed by atoms with Crippen molar-refractivity contribution >= 4 is 5.97 Å². The molecule has 0 unspecified atom stereocenters. The Hall–Kier alpha value is -1.45. The molecule has 70 valence electrons. The van der Waals surface area contributed by atoms with E-state index in [1.165, 1.54) is 6.33 Å². The van der Waals surface area contributed by atoms with Gasteiger partial charge in [0.1, 0.15) is 6.33 Å². The smallest absolute Gasteiger partial charge is 0.303 e. The summed E-state index contributed by atoms with van der Waals surface area (Å²) in [6.07, 6.45) is 3.04. The van der Waals surface area contributed by atoms with Gasteiger partial charge in [0.2, 0.25) is 0 Å². The van der Waals surface area contributed by atoms with Gasteiger partial charge in [-0.05, 0) is 25.8 Å². The van der Waals surface area contributed by atoms with Gasteiger partial charge < -0.3 is 5.11 Å². The summed E-state index contributed by atoms with van der Waals surface area (Å²) < 4.78 is 0. The highest BCUT2D eigenvalue weighted by molar-refractivity contribution is 5.66. The lowest BCUT2D eigenvalue weighted by Gasteiger charge is -1.98. The van der Waals surface area contributed by atoms with Crippen molar-refractivity contribution in [2.75, 3.05) is 0 Å². The third kappa shape index (κ3) is 3.64. The van der Waals surface area contributed by atoms with E-state index in [4.69, 9.17) is 5.11 Å². The molecular formula is C9H12N2O2. The molecule has 0 saturated carbocycles. The lowest BCUT2D eigenvalue weighted by molar-refractivity contribution is -0.137. The molecule has 1 aromatic rings. The Morgan fingerprint density at radius 3 is 2.92 bits per heavy atom. The predicted molar refractivity (Wildman–Crippen MR) is 47.3 cm³/mol. The van der Waals surface area contributed by atoms with E-state index in [1.807, 2.05) is 13.0 Å². The summed E-state index contributed by atoms with van der Waals surface area (Å²) in [7, 11) is 0. The minimum atomic E-state index is -0.759. The predicted octanol–water partition coefficient (Wildman–Crippen LogP) is 1.19. The van der Waals surface area contributed by atoms with Crippen molar-refractivity contribution in [2.45, 2.75) is 26.2 Å². The number of carboxylic acid groups (broad SMARTS) is 1. The molecule has 0 radical (unpaired) electrons. The van der Waals surface area contributed by atoms with E-state index in [9.17, 15) is 4.79 Å². The fourth-order valence-corrected chi connectivity index (χ4v) is 1.07. The van der Waals surface area contributed by atoms with Crippen LogP contribution < -0.4 is 0 Å². The third-order valence-corrected chi connectivity index (χ3v) is 1.68. The Morgan fingerprint density at radius 1 is 1.54 bits per heavy atom. The van der Waals surface area contributed by atoms with Crippen molar-refractivity contribution in [1.82, 2.24) is 9.97 Å². The number of aliphatic carboxylic acids is 1. The quantitative estimate of drug-likeness (QED) is 0.756. The monoisotopic (exact) mass is 180 g/mol. The molecular weight excluding hydrogens is 168 g/mol. The summed E-state index contributed by atoms with van der Waals surface area (Å²) in [6.45, 7) is 1.89. The molecule has 0 spiro atoms. The Kier molecular flexibility index (Phi) is 3.37. The number of rotatable bonds is 4. The Morgan fingerprint density at radius 2 is 2.31 bits per heavy atom. The Bertz CT molecular complexity index is 299. The van der Waals surface area contributed by atoms with Crippen LogP contribution in [-0.2, 0) is 11.2 Å². The van der Waals surface area contributed by atoms with Gasteiger partial charge in [-0.15, -0.1) is 0 Å². The van der Waals surface area contributed by atoms with E-state index in [1.54, 1.807) is 0 Å². The zero-order valence-electron chi connectivity index (χ0n) is 7.53. The number of hydrogen-bond donors (Lipinski definition) is 1. The van der Waals surface area contributed by atoms with E-state index in [-0.39, 0.29) is 6.42 Å². The van der Waals surface area contributed by atoms with E-state index in [2.05, 4.69) is 9.97 Å². The molecule has 0 atom stereocenters. The highest BCUT2D eigenvalue weighted by Gasteiger charge is 1.99. The highest BCUT2D eigenvalue weighted by atomic mass is 16.4. The highest BCUT2D eigenvalue weighted by Crippen LogP contribution is 2.02. The fourth-order valence-electron chi connectivity index (χ4n) is 1.07. The van der Waals surface area contributed by atoms with Gasteiger partial charge in [-0.25, -0.2) is 9.97 Å². The number of aryl methyl sites for hydroxylation is 2. The molecule has 1 aromatic heterocycles. The van der Waals surface area contributed by atoms with E-state index in [0.29, 0.717) is 12.8 Å². The zero-order chi connectivity index (χ0) is 9.68. The van der Waals surface area contributed by atoms with Crippen LogP contribution in [0.2, 0.25) is 0 Å². The largest absolute Gasteiger partial charge is 0.481 e. The molecule has 1 heterocycles. The van der Waals surface area contributed by atoms with Crippen LogP contribution in [0.5, 0.6) is 0 Å². The first-order valence-electron chi connectivity index (χ1n) is 4.18. The standard InChI is InChI=1S/C9H12N2O2/c1-7-5-8(11-6-10-7)3-2-4-9(12)13/h5-6H,2-4H2,1H3,(H,12,13). The van der Waals surface area contributed by atoms with Crippen molar-refractivity contribution in [3.05, 3.63) is 23.8 Å². The number of carboxylic acids is 1. The molecule has 0 aliphatic heterocycles. The van der Waals surface area contributed by atoms with Crippen molar-refractivity contribution in [1.29, 1.82) is 0 Å². The summed E-state index contributed by atoms with van der Waals surface area (Å²) in [5.74, 6) is -0.759. The minimum Gasteiger partial charge on any atom is -0.481 e. The second-order valence-electron chi connectivity index (χ2n) is 2.90. The fraction of sp³-hybridized carbons (Fsp3) is 0.444. The third-order valence-electron chi connectivity index (χ3n) is 1.68. The van der Waals surface area contributed by atoms with Crippen LogP contribution in [0.1, 0.15) is 24.2 Å². The summed E-state index contributed by atoms with van der Waals surface area (Å²) in [5.41, 5.74) is 1.83. The number of aromatic nitrogens is 2. The van der Waals surface area contributed by atoms with Crippen LogP contribution in [-0.4, -0.2) is 21.0 Å². The van der Waals surface area contributed by atoms with E-state index >= 15 is 0 Å². The molecule has 0 saturated heterocycles. The first-order chi connectivity index (χ1) is 6.18. The summed E-state index contributed by atoms with van der Waals surface area (Å²) in [5, 5.41) is 8.41. The molecule has 0 amide bonds. The molecule has 4 heteroatoms. The lowest BCUT2D eigenvalue weighted by atomic mass is 10.2. The average molecular weight is 180 g/mol. The van der Waals surface area contributed by atoms with Gasteiger partial charge in [0.15, 0.2) is 0 Å². The lowest BCUT2D eigenvalue weighted by Crippen LogP contribution is -1.98. The maximum absolute atomic E-state index is 10.2. The Balaban J connectivity index is 2.41. The van der Waals surface area contributed by atoms with Gasteiger partial charge in [-0.3, -0.25) is 4.79 Å². The molecule has 0 aliphatic rings. The second-order valence-corrected chi connectivity index (χ2v) is 2.90. The van der Waals surface area contributed by atoms with Gasteiger partial charge in [0.25, 0.3) is 0 Å². The molecule has 0 fully saturated rings. The maximum atomic E-state index is 10.2. The average Bonchev–Trinajstić information content (AvgIpc) is 2.03. The van der Waals surface area contributed by atoms with Crippen LogP contribution in [0.25, 0.3) is 0 Å². The molecule has 4 nitrogen and oxygen atoms in total. The maximum Gasteiger partial charge on any atom is 0.303 e. The molecule has 13 heavy (non-hydrogen) atoms. The number of hydrogen-bond acceptors (Lipinski definition) is 3. The summed E-state index contributed by atoms with van der Waals surface area (Å²) >= 11 is 0. The molecule has 0 aliphatic carbocycles. The Labute approximate surface area is 76.7 Å². The molecule has 0 aromatic carbocycles. The topological polar surface area (TPSA) is 63.1 Å². The van der Waals surface area contributed by atoms with Crippen LogP contribution in [0.3, 0.4) is 0 Å². The molecule has 0 bridgehead atoms. The normalized spacial score (nSPS) is 9.92. The number of nitrogens with zero attached hydrogens (tertiary/aromatic N) is 2. The van der Waals surface area contributed by atoms with Crippen molar-refractivity contribution in [3.63, 3.8) is 0 Å². The minimum absolute atomic E-state index is 0.197. The van der Waals surface area contributed by atoms with Crippen LogP contribution in [0.15, 0.2) is 12.4 Å². The summed E-state index contributed by atoms with van der Waals surface area (Å²) in [4.78, 5) is 18.2. The first kappa shape index (κ1) is 9.64. The van der Waals surface area contributed by atoms with Crippen LogP contribution in [0.4, 0.5) is 0 Å². The number of carbonyl (C=O) groups is 1. The second kappa shape index (κ2) is 4.54. The van der Waals surface area contributed by atoms with Crippen molar-refractivity contribution in [3.8, 4) is 0 Å². The van der Waals surface area contributed by atoms with Gasteiger partial charge in [0.05, 0.1) is 0 Å². The van der Waals surface area contributed by atoms with Crippen molar-refractivity contribution < 1.29 is 9.90 Å². The van der Waals surface area contributed by atoms with Gasteiger partial charge in [-0.2, -0.15) is 0 Å². The van der Waals surface area contributed by atoms with E-state index < -0.39 is 5.97 Å². The SMILES string of the molecule is Cc1cc(CCCC(=O)O)ncn1. The van der Waals surface area contributed by atoms with Crippen LogP contribution >= 0.6 is 0 Å². The summed E-state index contributed by atoms with van der Waals surface area (Å²) in [6, 6.07) is 1.88. The van der Waals surface area contributed by atoms with Crippen LogP contribution in [0, 0.1) is 6.92 Å². The van der Waals surface area contributed by atoms with Gasteiger partial charge in [0, 0.05) is 17.8 Å². The molecule has 1 N–H and O–H groups in total.